The van der Waals surface area contributed by atoms with Crippen LogP contribution >= 0.6 is 46.0 Å². The van der Waals surface area contributed by atoms with Crippen molar-refractivity contribution in [2.45, 2.75) is 25.5 Å². The molecule has 0 saturated carbocycles. The number of aryl methyl sites for hydroxylation is 2. The van der Waals surface area contributed by atoms with Crippen molar-refractivity contribution in [1.29, 1.82) is 0 Å². The maximum absolute atomic E-state index is 12.8. The molecule has 10 heteroatoms. The number of benzene rings is 2. The van der Waals surface area contributed by atoms with Crippen LogP contribution in [0.5, 0.6) is 0 Å². The first kappa shape index (κ1) is 24.5. The summed E-state index contributed by atoms with van der Waals surface area (Å²) in [4.78, 5) is 15.1. The van der Waals surface area contributed by atoms with E-state index in [1.54, 1.807) is 0 Å². The molecule has 1 aliphatic rings. The fourth-order valence-corrected chi connectivity index (χ4v) is 5.55. The van der Waals surface area contributed by atoms with E-state index in [0.717, 1.165) is 45.0 Å². The van der Waals surface area contributed by atoms with Gasteiger partial charge < -0.3 is 10.1 Å². The van der Waals surface area contributed by atoms with E-state index in [1.807, 2.05) is 42.7 Å². The lowest BCUT2D eigenvalue weighted by molar-refractivity contribution is -0.113. The number of rotatable bonds is 7. The van der Waals surface area contributed by atoms with Gasteiger partial charge in [-0.1, -0.05) is 23.4 Å². The number of hydrogen-bond acceptors (Lipinski definition) is 6. The molecule has 1 amide bonds. The van der Waals surface area contributed by atoms with E-state index in [4.69, 9.17) is 16.3 Å². The lowest BCUT2D eigenvalue weighted by Crippen LogP contribution is -2.36. The third-order valence-corrected chi connectivity index (χ3v) is 7.15. The van der Waals surface area contributed by atoms with Gasteiger partial charge in [-0.3, -0.25) is 14.3 Å². The van der Waals surface area contributed by atoms with Crippen LogP contribution in [0.4, 0.5) is 5.69 Å². The van der Waals surface area contributed by atoms with Gasteiger partial charge in [0.15, 0.2) is 11.0 Å². The summed E-state index contributed by atoms with van der Waals surface area (Å²) in [5.74, 6) is 0.980. The zero-order valence-corrected chi connectivity index (χ0v) is 22.2. The Balaban J connectivity index is 1.52. The van der Waals surface area contributed by atoms with E-state index in [9.17, 15) is 4.79 Å². The molecular weight excluding hydrogens is 573 g/mol. The zero-order valence-electron chi connectivity index (χ0n) is 18.5. The van der Waals surface area contributed by atoms with Crippen molar-refractivity contribution in [3.63, 3.8) is 0 Å². The van der Waals surface area contributed by atoms with Gasteiger partial charge in [0.05, 0.1) is 25.5 Å². The van der Waals surface area contributed by atoms with E-state index in [-0.39, 0.29) is 11.7 Å². The highest BCUT2D eigenvalue weighted by Crippen LogP contribution is 2.26. The van der Waals surface area contributed by atoms with Crippen molar-refractivity contribution in [3.05, 3.63) is 61.9 Å². The molecule has 0 atom stereocenters. The van der Waals surface area contributed by atoms with Crippen LogP contribution in [-0.4, -0.2) is 57.6 Å². The molecule has 1 saturated heterocycles. The van der Waals surface area contributed by atoms with Crippen LogP contribution in [0.1, 0.15) is 17.0 Å². The minimum absolute atomic E-state index is 0.0761. The van der Waals surface area contributed by atoms with Gasteiger partial charge in [-0.25, -0.2) is 0 Å². The normalized spacial score (nSPS) is 14.4. The highest BCUT2D eigenvalue weighted by molar-refractivity contribution is 14.1. The number of carbonyl (C=O) groups excluding carboxylic acids is 1. The standard InChI is InChI=1S/C23H25ClIN5O2S/c1-15-11-18(25)12-16(2)22(15)26-21(31)14-33-23-28-27-20(13-29-7-9-32-10-8-29)30(23)19-5-3-17(24)4-6-19/h3-6,11-12H,7-10,13-14H2,1-2H3,(H,26,31). The van der Waals surface area contributed by atoms with Gasteiger partial charge in [0, 0.05) is 33.1 Å². The predicted molar refractivity (Wildman–Crippen MR) is 140 cm³/mol. The lowest BCUT2D eigenvalue weighted by Gasteiger charge is -2.26. The summed E-state index contributed by atoms with van der Waals surface area (Å²) in [6.07, 6.45) is 0. The number of morpholine rings is 1. The second kappa shape index (κ2) is 11.2. The summed E-state index contributed by atoms with van der Waals surface area (Å²) in [6, 6.07) is 11.7. The molecule has 1 aliphatic heterocycles. The number of ether oxygens (including phenoxy) is 1. The molecule has 7 nitrogen and oxygen atoms in total. The monoisotopic (exact) mass is 597 g/mol. The van der Waals surface area contributed by atoms with Crippen LogP contribution in [0.2, 0.25) is 5.02 Å². The average molecular weight is 598 g/mol. The summed E-state index contributed by atoms with van der Waals surface area (Å²) in [5.41, 5.74) is 3.89. The van der Waals surface area contributed by atoms with Gasteiger partial charge in [0.25, 0.3) is 0 Å². The van der Waals surface area contributed by atoms with Crippen LogP contribution in [-0.2, 0) is 16.1 Å². The Bertz CT molecular complexity index is 1110. The number of carbonyl (C=O) groups is 1. The molecule has 4 rings (SSSR count). The number of nitrogens with one attached hydrogen (secondary N) is 1. The first-order valence-electron chi connectivity index (χ1n) is 10.6. The van der Waals surface area contributed by atoms with Crippen molar-refractivity contribution in [2.24, 2.45) is 0 Å². The minimum Gasteiger partial charge on any atom is -0.379 e. The van der Waals surface area contributed by atoms with Crippen molar-refractivity contribution in [3.8, 4) is 5.69 Å². The summed E-state index contributed by atoms with van der Waals surface area (Å²) >= 11 is 9.76. The van der Waals surface area contributed by atoms with E-state index < -0.39 is 0 Å². The molecule has 1 fully saturated rings. The fraction of sp³-hybridized carbons (Fsp3) is 0.348. The number of amides is 1. The Labute approximate surface area is 216 Å². The van der Waals surface area contributed by atoms with Crippen molar-refractivity contribution < 1.29 is 9.53 Å². The molecule has 2 heterocycles. The minimum atomic E-state index is -0.0761. The molecule has 0 bridgehead atoms. The van der Waals surface area contributed by atoms with Crippen molar-refractivity contribution >= 4 is 57.5 Å². The number of hydrogen-bond donors (Lipinski definition) is 1. The van der Waals surface area contributed by atoms with Gasteiger partial charge in [-0.15, -0.1) is 10.2 Å². The van der Waals surface area contributed by atoms with E-state index in [1.165, 1.54) is 11.8 Å². The fourth-order valence-electron chi connectivity index (χ4n) is 3.72. The lowest BCUT2D eigenvalue weighted by atomic mass is 10.1. The largest absolute Gasteiger partial charge is 0.379 e. The molecule has 0 unspecified atom stereocenters. The smallest absolute Gasteiger partial charge is 0.234 e. The van der Waals surface area contributed by atoms with E-state index in [2.05, 4.69) is 55.1 Å². The van der Waals surface area contributed by atoms with Crippen molar-refractivity contribution in [2.75, 3.05) is 37.4 Å². The molecule has 174 valence electrons. The van der Waals surface area contributed by atoms with Crippen LogP contribution in [0.3, 0.4) is 0 Å². The van der Waals surface area contributed by atoms with Crippen molar-refractivity contribution in [1.82, 2.24) is 19.7 Å². The third kappa shape index (κ3) is 6.27. The highest BCUT2D eigenvalue weighted by Gasteiger charge is 2.20. The summed E-state index contributed by atoms with van der Waals surface area (Å²) in [6.45, 7) is 7.81. The number of anilines is 1. The second-order valence-electron chi connectivity index (χ2n) is 7.85. The first-order chi connectivity index (χ1) is 15.9. The SMILES string of the molecule is Cc1cc(I)cc(C)c1NC(=O)CSc1nnc(CN2CCOCC2)n1-c1ccc(Cl)cc1. The highest BCUT2D eigenvalue weighted by atomic mass is 127. The molecule has 0 spiro atoms. The first-order valence-corrected chi connectivity index (χ1v) is 13.0. The van der Waals surface area contributed by atoms with Crippen LogP contribution < -0.4 is 5.32 Å². The Kier molecular flexibility index (Phi) is 8.29. The van der Waals surface area contributed by atoms with E-state index >= 15 is 0 Å². The average Bonchev–Trinajstić information content (AvgIpc) is 3.18. The summed E-state index contributed by atoms with van der Waals surface area (Å²) in [5, 5.41) is 13.3. The summed E-state index contributed by atoms with van der Waals surface area (Å²) in [7, 11) is 0. The van der Waals surface area contributed by atoms with E-state index in [0.29, 0.717) is 29.9 Å². The molecule has 3 aromatic rings. The Morgan fingerprint density at radius 1 is 1.15 bits per heavy atom. The van der Waals surface area contributed by atoms with Crippen LogP contribution in [0.25, 0.3) is 5.69 Å². The van der Waals surface area contributed by atoms with Gasteiger partial charge in [0.1, 0.15) is 0 Å². The van der Waals surface area contributed by atoms with Gasteiger partial charge in [0.2, 0.25) is 5.91 Å². The maximum Gasteiger partial charge on any atom is 0.234 e. The maximum atomic E-state index is 12.8. The van der Waals surface area contributed by atoms with Gasteiger partial charge >= 0.3 is 0 Å². The second-order valence-corrected chi connectivity index (χ2v) is 10.5. The number of aromatic nitrogens is 3. The number of halogens is 2. The molecule has 1 N–H and O–H groups in total. The molecule has 1 aromatic heterocycles. The zero-order chi connectivity index (χ0) is 23.4. The molecule has 33 heavy (non-hydrogen) atoms. The number of thioether (sulfide) groups is 1. The van der Waals surface area contributed by atoms with Crippen LogP contribution in [0, 0.1) is 17.4 Å². The number of nitrogens with zero attached hydrogens (tertiary/aromatic N) is 4. The molecule has 0 aliphatic carbocycles. The summed E-state index contributed by atoms with van der Waals surface area (Å²) < 4.78 is 8.62. The molecule has 0 radical (unpaired) electrons. The molecular formula is C23H25ClIN5O2S. The van der Waals surface area contributed by atoms with Gasteiger partial charge in [-0.2, -0.15) is 0 Å². The van der Waals surface area contributed by atoms with Crippen LogP contribution in [0.15, 0.2) is 41.6 Å². The topological polar surface area (TPSA) is 72.3 Å². The predicted octanol–water partition coefficient (Wildman–Crippen LogP) is 4.71. The molecule has 2 aromatic carbocycles. The third-order valence-electron chi connectivity index (χ3n) is 5.35. The Hall–Kier alpha value is -1.66. The Morgan fingerprint density at radius 3 is 2.48 bits per heavy atom. The Morgan fingerprint density at radius 2 is 1.82 bits per heavy atom. The van der Waals surface area contributed by atoms with Gasteiger partial charge in [-0.05, 0) is 84.0 Å². The quantitative estimate of drug-likeness (QED) is 0.314.